The van der Waals surface area contributed by atoms with Crippen LogP contribution in [0.2, 0.25) is 10.0 Å². The van der Waals surface area contributed by atoms with Gasteiger partial charge in [0.05, 0.1) is 10.7 Å². The predicted octanol–water partition coefficient (Wildman–Crippen LogP) is 4.97. The van der Waals surface area contributed by atoms with E-state index in [2.05, 4.69) is 15.3 Å². The van der Waals surface area contributed by atoms with Crippen molar-refractivity contribution in [1.82, 2.24) is 19.9 Å². The Morgan fingerprint density at radius 1 is 1.07 bits per heavy atom. The summed E-state index contributed by atoms with van der Waals surface area (Å²) in [6.45, 7) is 2.22. The van der Waals surface area contributed by atoms with Crippen LogP contribution in [0.3, 0.4) is 0 Å². The van der Waals surface area contributed by atoms with Crippen molar-refractivity contribution in [2.75, 3.05) is 0 Å². The number of nitrogens with zero attached hydrogens (tertiary/aromatic N) is 3. The topological polar surface area (TPSA) is 59.8 Å². The number of nitrogens with one attached hydrogen (secondary N) is 1. The van der Waals surface area contributed by atoms with Gasteiger partial charge < -0.3 is 5.32 Å². The monoisotopic (exact) mass is 410 g/mol. The van der Waals surface area contributed by atoms with Gasteiger partial charge in [-0.3, -0.25) is 9.36 Å². The summed E-state index contributed by atoms with van der Waals surface area (Å²) in [4.78, 5) is 21.6. The number of rotatable bonds is 4. The molecule has 0 radical (unpaired) electrons. The van der Waals surface area contributed by atoms with Crippen molar-refractivity contribution in [3.63, 3.8) is 0 Å². The summed E-state index contributed by atoms with van der Waals surface area (Å²) in [5.74, 6) is 0.525. The Kier molecular flexibility index (Phi) is 5.03. The SMILES string of the molecule is Cc1nc2cccnc2n1-c1cc(C(=O)NCc2ccccc2Cl)ccc1Cl. The van der Waals surface area contributed by atoms with E-state index in [1.54, 1.807) is 30.5 Å². The molecule has 5 nitrogen and oxygen atoms in total. The second kappa shape index (κ2) is 7.62. The third kappa shape index (κ3) is 3.46. The van der Waals surface area contributed by atoms with Crippen LogP contribution in [0.4, 0.5) is 0 Å². The van der Waals surface area contributed by atoms with E-state index in [9.17, 15) is 4.79 Å². The molecule has 2 aromatic heterocycles. The van der Waals surface area contributed by atoms with Gasteiger partial charge >= 0.3 is 0 Å². The van der Waals surface area contributed by atoms with Gasteiger partial charge in [-0.15, -0.1) is 0 Å². The number of carbonyl (C=O) groups is 1. The second-order valence-corrected chi connectivity index (χ2v) is 7.10. The maximum atomic E-state index is 12.7. The summed E-state index contributed by atoms with van der Waals surface area (Å²) in [7, 11) is 0. The molecule has 0 atom stereocenters. The Bertz CT molecular complexity index is 1190. The number of pyridine rings is 1. The fourth-order valence-electron chi connectivity index (χ4n) is 3.06. The molecule has 0 saturated heterocycles. The van der Waals surface area contributed by atoms with Gasteiger partial charge in [-0.2, -0.15) is 0 Å². The average molecular weight is 411 g/mol. The lowest BCUT2D eigenvalue weighted by Gasteiger charge is -2.12. The molecule has 0 aliphatic rings. The molecule has 0 spiro atoms. The van der Waals surface area contributed by atoms with Crippen molar-refractivity contribution in [1.29, 1.82) is 0 Å². The van der Waals surface area contributed by atoms with E-state index in [1.807, 2.05) is 41.8 Å². The largest absolute Gasteiger partial charge is 0.348 e. The van der Waals surface area contributed by atoms with Crippen molar-refractivity contribution in [2.24, 2.45) is 0 Å². The summed E-state index contributed by atoms with van der Waals surface area (Å²) < 4.78 is 1.85. The fraction of sp³-hybridized carbons (Fsp3) is 0.0952. The molecule has 2 heterocycles. The van der Waals surface area contributed by atoms with E-state index >= 15 is 0 Å². The van der Waals surface area contributed by atoms with Crippen LogP contribution in [-0.2, 0) is 6.54 Å². The van der Waals surface area contributed by atoms with Crippen molar-refractivity contribution in [3.05, 3.63) is 87.8 Å². The molecular formula is C21H16Cl2N4O. The Balaban J connectivity index is 1.66. The van der Waals surface area contributed by atoms with E-state index in [4.69, 9.17) is 23.2 Å². The van der Waals surface area contributed by atoms with Gasteiger partial charge in [-0.05, 0) is 48.9 Å². The molecule has 0 saturated carbocycles. The van der Waals surface area contributed by atoms with Crippen LogP contribution in [-0.4, -0.2) is 20.4 Å². The van der Waals surface area contributed by atoms with E-state index in [0.717, 1.165) is 16.9 Å². The standard InChI is InChI=1S/C21H16Cl2N4O/c1-13-26-18-7-4-10-24-20(18)27(13)19-11-14(8-9-17(19)23)21(28)25-12-15-5-2-3-6-16(15)22/h2-11H,12H2,1H3,(H,25,28). The van der Waals surface area contributed by atoms with Crippen molar-refractivity contribution in [3.8, 4) is 5.69 Å². The summed E-state index contributed by atoms with van der Waals surface area (Å²) >= 11 is 12.6. The van der Waals surface area contributed by atoms with Crippen molar-refractivity contribution < 1.29 is 4.79 Å². The highest BCUT2D eigenvalue weighted by atomic mass is 35.5. The summed E-state index contributed by atoms with van der Waals surface area (Å²) in [5.41, 5.74) is 3.46. The van der Waals surface area contributed by atoms with Gasteiger partial charge in [0.2, 0.25) is 0 Å². The lowest BCUT2D eigenvalue weighted by Crippen LogP contribution is -2.23. The highest BCUT2D eigenvalue weighted by molar-refractivity contribution is 6.32. The van der Waals surface area contributed by atoms with E-state index in [0.29, 0.717) is 33.5 Å². The molecule has 7 heteroatoms. The number of aryl methyl sites for hydroxylation is 1. The summed E-state index contributed by atoms with van der Waals surface area (Å²) in [6.07, 6.45) is 1.70. The number of benzene rings is 2. The number of aromatic nitrogens is 3. The van der Waals surface area contributed by atoms with Crippen LogP contribution in [0.15, 0.2) is 60.8 Å². The third-order valence-corrected chi connectivity index (χ3v) is 5.12. The highest BCUT2D eigenvalue weighted by Crippen LogP contribution is 2.27. The lowest BCUT2D eigenvalue weighted by molar-refractivity contribution is 0.0951. The van der Waals surface area contributed by atoms with Crippen LogP contribution in [0, 0.1) is 6.92 Å². The molecule has 140 valence electrons. The zero-order chi connectivity index (χ0) is 19.7. The van der Waals surface area contributed by atoms with Crippen molar-refractivity contribution in [2.45, 2.75) is 13.5 Å². The van der Waals surface area contributed by atoms with E-state index in [1.165, 1.54) is 0 Å². The highest BCUT2D eigenvalue weighted by Gasteiger charge is 2.15. The van der Waals surface area contributed by atoms with Gasteiger partial charge in [-0.25, -0.2) is 9.97 Å². The van der Waals surface area contributed by atoms with Gasteiger partial charge in [0.15, 0.2) is 5.65 Å². The van der Waals surface area contributed by atoms with Gasteiger partial charge in [0, 0.05) is 23.3 Å². The molecule has 0 fully saturated rings. The lowest BCUT2D eigenvalue weighted by atomic mass is 10.1. The first-order chi connectivity index (χ1) is 13.5. The molecule has 0 bridgehead atoms. The minimum atomic E-state index is -0.215. The van der Waals surface area contributed by atoms with Crippen LogP contribution in [0.1, 0.15) is 21.7 Å². The first kappa shape index (κ1) is 18.5. The number of fused-ring (bicyclic) bond motifs is 1. The number of amides is 1. The fourth-order valence-corrected chi connectivity index (χ4v) is 3.46. The molecule has 0 unspecified atom stereocenters. The Morgan fingerprint density at radius 3 is 2.71 bits per heavy atom. The minimum Gasteiger partial charge on any atom is -0.348 e. The smallest absolute Gasteiger partial charge is 0.251 e. The first-order valence-corrected chi connectivity index (χ1v) is 9.42. The number of imidazole rings is 1. The second-order valence-electron chi connectivity index (χ2n) is 6.28. The maximum Gasteiger partial charge on any atom is 0.251 e. The minimum absolute atomic E-state index is 0.215. The predicted molar refractivity (Wildman–Crippen MR) is 111 cm³/mol. The third-order valence-electron chi connectivity index (χ3n) is 4.43. The Labute approximate surface area is 171 Å². The molecule has 1 N–H and O–H groups in total. The van der Waals surface area contributed by atoms with Crippen LogP contribution >= 0.6 is 23.2 Å². The Morgan fingerprint density at radius 2 is 1.89 bits per heavy atom. The number of halogens is 2. The quantitative estimate of drug-likeness (QED) is 0.516. The van der Waals surface area contributed by atoms with Gasteiger partial charge in [0.25, 0.3) is 5.91 Å². The number of hydrogen-bond acceptors (Lipinski definition) is 3. The summed E-state index contributed by atoms with van der Waals surface area (Å²) in [5, 5.41) is 4.02. The Hall–Kier alpha value is -2.89. The first-order valence-electron chi connectivity index (χ1n) is 8.66. The zero-order valence-corrected chi connectivity index (χ0v) is 16.5. The molecule has 4 rings (SSSR count). The van der Waals surface area contributed by atoms with Crippen LogP contribution < -0.4 is 5.32 Å². The number of carbonyl (C=O) groups excluding carboxylic acids is 1. The van der Waals surface area contributed by atoms with Crippen molar-refractivity contribution >= 4 is 40.3 Å². The molecule has 0 aliphatic heterocycles. The molecule has 1 amide bonds. The zero-order valence-electron chi connectivity index (χ0n) is 15.0. The summed E-state index contributed by atoms with van der Waals surface area (Å²) in [6, 6.07) is 16.3. The van der Waals surface area contributed by atoms with Crippen LogP contribution in [0.25, 0.3) is 16.9 Å². The molecule has 28 heavy (non-hydrogen) atoms. The van der Waals surface area contributed by atoms with Crippen LogP contribution in [0.5, 0.6) is 0 Å². The molecule has 2 aromatic carbocycles. The number of hydrogen-bond donors (Lipinski definition) is 1. The van der Waals surface area contributed by atoms with Gasteiger partial charge in [-0.1, -0.05) is 41.4 Å². The molecule has 0 aliphatic carbocycles. The molecular weight excluding hydrogens is 395 g/mol. The maximum absolute atomic E-state index is 12.7. The van der Waals surface area contributed by atoms with E-state index in [-0.39, 0.29) is 5.91 Å². The average Bonchev–Trinajstić information content (AvgIpc) is 3.03. The van der Waals surface area contributed by atoms with E-state index < -0.39 is 0 Å². The molecule has 4 aromatic rings. The van der Waals surface area contributed by atoms with Gasteiger partial charge in [0.1, 0.15) is 11.3 Å². The normalized spacial score (nSPS) is 11.0.